The quantitative estimate of drug-likeness (QED) is 0.750. The van der Waals surface area contributed by atoms with Crippen LogP contribution in [0.2, 0.25) is 0 Å². The molecule has 0 fully saturated rings. The maximum atomic E-state index is 13.6. The molecule has 1 N–H and O–H groups in total. The highest BCUT2D eigenvalue weighted by Gasteiger charge is 2.04. The minimum atomic E-state index is -0.146. The molecule has 0 unspecified atom stereocenters. The van der Waals surface area contributed by atoms with Crippen molar-refractivity contribution in [2.45, 2.75) is 19.5 Å². The van der Waals surface area contributed by atoms with Crippen LogP contribution in [0.4, 0.5) is 4.39 Å². The molecule has 108 valence electrons. The summed E-state index contributed by atoms with van der Waals surface area (Å²) in [4.78, 5) is 4.15. The number of methoxy groups -OCH3 is 1. The average Bonchev–Trinajstić information content (AvgIpc) is 2.90. The Bertz CT molecular complexity index is 527. The van der Waals surface area contributed by atoms with Gasteiger partial charge < -0.3 is 14.6 Å². The Hall–Kier alpha value is -1.72. The van der Waals surface area contributed by atoms with Gasteiger partial charge >= 0.3 is 0 Å². The molecule has 0 spiro atoms. The third kappa shape index (κ3) is 4.15. The first-order valence-corrected chi connectivity index (χ1v) is 6.73. The fourth-order valence-electron chi connectivity index (χ4n) is 2.03. The van der Waals surface area contributed by atoms with Gasteiger partial charge in [0.25, 0.3) is 0 Å². The topological polar surface area (TPSA) is 39.1 Å². The molecular formula is C15H20FN3O. The molecule has 0 aliphatic rings. The molecule has 0 saturated heterocycles. The Morgan fingerprint density at radius 2 is 2.20 bits per heavy atom. The summed E-state index contributed by atoms with van der Waals surface area (Å²) in [7, 11) is 1.68. The molecule has 20 heavy (non-hydrogen) atoms. The zero-order chi connectivity index (χ0) is 14.2. The van der Waals surface area contributed by atoms with Gasteiger partial charge in [0, 0.05) is 32.9 Å². The molecule has 2 aromatic rings. The van der Waals surface area contributed by atoms with E-state index in [1.807, 2.05) is 22.9 Å². The molecular weight excluding hydrogens is 257 g/mol. The van der Waals surface area contributed by atoms with E-state index in [0.717, 1.165) is 30.9 Å². The lowest BCUT2D eigenvalue weighted by Gasteiger charge is -2.09. The standard InChI is InChI=1S/C15H20FN3O/c1-20-9-7-17-10-14-11-18-12-19(14)8-6-13-4-2-3-5-15(13)16/h2-5,11-12,17H,6-10H2,1H3. The van der Waals surface area contributed by atoms with Crippen molar-refractivity contribution in [2.75, 3.05) is 20.3 Å². The van der Waals surface area contributed by atoms with Crippen molar-refractivity contribution in [1.29, 1.82) is 0 Å². The van der Waals surface area contributed by atoms with Gasteiger partial charge in [-0.1, -0.05) is 18.2 Å². The van der Waals surface area contributed by atoms with Crippen LogP contribution in [-0.2, 0) is 24.2 Å². The van der Waals surface area contributed by atoms with Crippen LogP contribution in [0.3, 0.4) is 0 Å². The minimum Gasteiger partial charge on any atom is -0.383 e. The van der Waals surface area contributed by atoms with Crippen molar-refractivity contribution in [3.05, 3.63) is 53.9 Å². The fraction of sp³-hybridized carbons (Fsp3) is 0.400. The van der Waals surface area contributed by atoms with Gasteiger partial charge in [-0.3, -0.25) is 0 Å². The number of halogens is 1. The van der Waals surface area contributed by atoms with Gasteiger partial charge in [0.05, 0.1) is 18.6 Å². The van der Waals surface area contributed by atoms with E-state index >= 15 is 0 Å². The van der Waals surface area contributed by atoms with E-state index in [9.17, 15) is 4.39 Å². The zero-order valence-electron chi connectivity index (χ0n) is 11.7. The highest BCUT2D eigenvalue weighted by molar-refractivity contribution is 5.17. The van der Waals surface area contributed by atoms with Crippen LogP contribution in [0.15, 0.2) is 36.8 Å². The average molecular weight is 277 g/mol. The van der Waals surface area contributed by atoms with Gasteiger partial charge in [-0.2, -0.15) is 0 Å². The third-order valence-corrected chi connectivity index (χ3v) is 3.17. The molecule has 5 heteroatoms. The SMILES string of the molecule is COCCNCc1cncn1CCc1ccccc1F. The molecule has 0 aliphatic carbocycles. The Labute approximate surface area is 118 Å². The number of ether oxygens (including phenoxy) is 1. The van der Waals surface area contributed by atoms with Crippen LogP contribution in [0.25, 0.3) is 0 Å². The Morgan fingerprint density at radius 1 is 1.35 bits per heavy atom. The number of rotatable bonds is 8. The molecule has 0 saturated carbocycles. The number of benzene rings is 1. The Morgan fingerprint density at radius 3 is 3.00 bits per heavy atom. The van der Waals surface area contributed by atoms with E-state index in [1.165, 1.54) is 6.07 Å². The van der Waals surface area contributed by atoms with Gasteiger partial charge in [-0.15, -0.1) is 0 Å². The van der Waals surface area contributed by atoms with Crippen molar-refractivity contribution in [3.63, 3.8) is 0 Å². The normalized spacial score (nSPS) is 10.9. The number of nitrogens with zero attached hydrogens (tertiary/aromatic N) is 2. The molecule has 0 amide bonds. The predicted octanol–water partition coefficient (Wildman–Crippen LogP) is 2.00. The minimum absolute atomic E-state index is 0.146. The van der Waals surface area contributed by atoms with Crippen molar-refractivity contribution in [2.24, 2.45) is 0 Å². The Balaban J connectivity index is 1.87. The van der Waals surface area contributed by atoms with Gasteiger partial charge in [-0.05, 0) is 18.1 Å². The van der Waals surface area contributed by atoms with E-state index in [2.05, 4.69) is 10.3 Å². The summed E-state index contributed by atoms with van der Waals surface area (Å²) in [6, 6.07) is 6.89. The maximum Gasteiger partial charge on any atom is 0.126 e. The molecule has 2 rings (SSSR count). The maximum absolute atomic E-state index is 13.6. The molecule has 4 nitrogen and oxygen atoms in total. The summed E-state index contributed by atoms with van der Waals surface area (Å²) in [5.41, 5.74) is 1.83. The first-order chi connectivity index (χ1) is 9.81. The number of hydrogen-bond donors (Lipinski definition) is 1. The number of aromatic nitrogens is 2. The second kappa shape index (κ2) is 7.77. The fourth-order valence-corrected chi connectivity index (χ4v) is 2.03. The molecule has 1 heterocycles. The van der Waals surface area contributed by atoms with E-state index in [0.29, 0.717) is 13.0 Å². The van der Waals surface area contributed by atoms with Gasteiger partial charge in [0.15, 0.2) is 0 Å². The Kier molecular flexibility index (Phi) is 5.70. The summed E-state index contributed by atoms with van der Waals surface area (Å²) in [5.74, 6) is -0.146. The van der Waals surface area contributed by atoms with E-state index in [4.69, 9.17) is 4.74 Å². The largest absolute Gasteiger partial charge is 0.383 e. The van der Waals surface area contributed by atoms with Gasteiger partial charge in [0.2, 0.25) is 0 Å². The molecule has 0 bridgehead atoms. The summed E-state index contributed by atoms with van der Waals surface area (Å²) >= 11 is 0. The van der Waals surface area contributed by atoms with Gasteiger partial charge in [-0.25, -0.2) is 9.37 Å². The first-order valence-electron chi connectivity index (χ1n) is 6.73. The molecule has 0 aliphatic heterocycles. The monoisotopic (exact) mass is 277 g/mol. The lowest BCUT2D eigenvalue weighted by molar-refractivity contribution is 0.199. The summed E-state index contributed by atoms with van der Waals surface area (Å²) in [5, 5.41) is 3.28. The van der Waals surface area contributed by atoms with Crippen LogP contribution < -0.4 is 5.32 Å². The van der Waals surface area contributed by atoms with Gasteiger partial charge in [0.1, 0.15) is 5.82 Å². The van der Waals surface area contributed by atoms with Crippen LogP contribution in [0.1, 0.15) is 11.3 Å². The number of nitrogens with one attached hydrogen (secondary N) is 1. The van der Waals surface area contributed by atoms with Crippen molar-refractivity contribution < 1.29 is 9.13 Å². The summed E-state index contributed by atoms with van der Waals surface area (Å²) in [6.45, 7) is 2.95. The van der Waals surface area contributed by atoms with E-state index < -0.39 is 0 Å². The lowest BCUT2D eigenvalue weighted by atomic mass is 10.1. The second-order valence-electron chi connectivity index (χ2n) is 4.59. The second-order valence-corrected chi connectivity index (χ2v) is 4.59. The van der Waals surface area contributed by atoms with Crippen molar-refractivity contribution >= 4 is 0 Å². The first kappa shape index (κ1) is 14.7. The predicted molar refractivity (Wildman–Crippen MR) is 75.9 cm³/mol. The summed E-state index contributed by atoms with van der Waals surface area (Å²) in [6.07, 6.45) is 4.28. The van der Waals surface area contributed by atoms with Crippen molar-refractivity contribution in [1.82, 2.24) is 14.9 Å². The molecule has 0 atom stereocenters. The number of hydrogen-bond acceptors (Lipinski definition) is 3. The molecule has 0 radical (unpaired) electrons. The van der Waals surface area contributed by atoms with E-state index in [1.54, 1.807) is 19.5 Å². The highest BCUT2D eigenvalue weighted by Crippen LogP contribution is 2.09. The van der Waals surface area contributed by atoms with E-state index in [-0.39, 0.29) is 5.82 Å². The summed E-state index contributed by atoms with van der Waals surface area (Å²) < 4.78 is 20.6. The number of imidazole rings is 1. The molecule has 1 aromatic heterocycles. The smallest absolute Gasteiger partial charge is 0.126 e. The third-order valence-electron chi connectivity index (χ3n) is 3.17. The number of aryl methyl sites for hydroxylation is 2. The van der Waals surface area contributed by atoms with Crippen LogP contribution in [-0.4, -0.2) is 29.8 Å². The lowest BCUT2D eigenvalue weighted by Crippen LogP contribution is -2.20. The van der Waals surface area contributed by atoms with Crippen LogP contribution >= 0.6 is 0 Å². The van der Waals surface area contributed by atoms with Crippen molar-refractivity contribution in [3.8, 4) is 0 Å². The molecule has 1 aromatic carbocycles. The zero-order valence-corrected chi connectivity index (χ0v) is 11.7. The highest BCUT2D eigenvalue weighted by atomic mass is 19.1. The van der Waals surface area contributed by atoms with Crippen LogP contribution in [0.5, 0.6) is 0 Å². The van der Waals surface area contributed by atoms with Crippen LogP contribution in [0, 0.1) is 5.82 Å².